The van der Waals surface area contributed by atoms with E-state index < -0.39 is 0 Å². The maximum absolute atomic E-state index is 2.48. The van der Waals surface area contributed by atoms with E-state index in [2.05, 4.69) is 24.0 Å². The van der Waals surface area contributed by atoms with E-state index >= 15 is 0 Å². The fourth-order valence-corrected chi connectivity index (χ4v) is 2.30. The lowest BCUT2D eigenvalue weighted by Crippen LogP contribution is -2.46. The summed E-state index contributed by atoms with van der Waals surface area (Å²) in [5.41, 5.74) is 0. The molecule has 3 atom stereocenters. The molecule has 2 nitrogen and oxygen atoms in total. The number of hydrogen-bond acceptors (Lipinski definition) is 2. The van der Waals surface area contributed by atoms with Crippen LogP contribution in [-0.2, 0) is 0 Å². The molecule has 0 aromatic carbocycles. The largest absolute Gasteiger partial charge is 0.242 e. The van der Waals surface area contributed by atoms with Gasteiger partial charge in [-0.3, -0.25) is 0 Å². The monoisotopic (exact) mass is 140 g/mol. The van der Waals surface area contributed by atoms with Crippen molar-refractivity contribution in [3.8, 4) is 0 Å². The Kier molecular flexibility index (Phi) is 1.46. The SMILES string of the molecule is CC1CCN2CCC1N2C. The number of rotatable bonds is 0. The van der Waals surface area contributed by atoms with Crippen molar-refractivity contribution in [3.05, 3.63) is 0 Å². The van der Waals surface area contributed by atoms with E-state index in [4.69, 9.17) is 0 Å². The Hall–Kier alpha value is -0.0800. The minimum atomic E-state index is 0.855. The molecule has 2 aliphatic rings. The van der Waals surface area contributed by atoms with Crippen molar-refractivity contribution in [2.45, 2.75) is 25.8 Å². The van der Waals surface area contributed by atoms with Crippen LogP contribution in [-0.4, -0.2) is 36.2 Å². The van der Waals surface area contributed by atoms with Gasteiger partial charge in [-0.25, -0.2) is 10.0 Å². The van der Waals surface area contributed by atoms with Gasteiger partial charge in [0.05, 0.1) is 0 Å². The van der Waals surface area contributed by atoms with Crippen molar-refractivity contribution in [1.82, 2.24) is 10.0 Å². The van der Waals surface area contributed by atoms with E-state index in [1.807, 2.05) is 0 Å². The number of nitrogens with zero attached hydrogens (tertiary/aromatic N) is 2. The van der Waals surface area contributed by atoms with E-state index in [1.54, 1.807) is 0 Å². The Morgan fingerprint density at radius 1 is 1.20 bits per heavy atom. The number of hydrogen-bond donors (Lipinski definition) is 0. The maximum Gasteiger partial charge on any atom is 0.0281 e. The van der Waals surface area contributed by atoms with Crippen molar-refractivity contribution in [2.24, 2.45) is 5.92 Å². The van der Waals surface area contributed by atoms with Gasteiger partial charge in [-0.2, -0.15) is 0 Å². The fraction of sp³-hybridized carbons (Fsp3) is 1.00. The van der Waals surface area contributed by atoms with Crippen LogP contribution in [0.4, 0.5) is 0 Å². The van der Waals surface area contributed by atoms with Crippen molar-refractivity contribution in [1.29, 1.82) is 0 Å². The highest BCUT2D eigenvalue weighted by Gasteiger charge is 2.36. The quantitative estimate of drug-likeness (QED) is 0.494. The fourth-order valence-electron chi connectivity index (χ4n) is 2.30. The van der Waals surface area contributed by atoms with E-state index in [-0.39, 0.29) is 0 Å². The van der Waals surface area contributed by atoms with Crippen LogP contribution in [0.25, 0.3) is 0 Å². The third kappa shape index (κ3) is 0.789. The predicted molar refractivity (Wildman–Crippen MR) is 41.5 cm³/mol. The molecule has 0 spiro atoms. The van der Waals surface area contributed by atoms with Gasteiger partial charge in [0, 0.05) is 26.2 Å². The first kappa shape index (κ1) is 6.62. The highest BCUT2D eigenvalue weighted by Crippen LogP contribution is 2.30. The summed E-state index contributed by atoms with van der Waals surface area (Å²) in [5, 5.41) is 4.92. The first-order valence-electron chi connectivity index (χ1n) is 4.27. The molecule has 2 fully saturated rings. The van der Waals surface area contributed by atoms with Crippen LogP contribution in [0, 0.1) is 5.92 Å². The van der Waals surface area contributed by atoms with Crippen LogP contribution in [0.15, 0.2) is 0 Å². The molecule has 10 heavy (non-hydrogen) atoms. The summed E-state index contributed by atoms with van der Waals surface area (Å²) >= 11 is 0. The zero-order valence-electron chi connectivity index (χ0n) is 6.88. The van der Waals surface area contributed by atoms with Gasteiger partial charge in [-0.1, -0.05) is 6.92 Å². The second-order valence-electron chi connectivity index (χ2n) is 3.65. The second kappa shape index (κ2) is 2.21. The molecule has 2 heterocycles. The molecule has 0 amide bonds. The molecule has 2 heteroatoms. The normalized spacial score (nSPS) is 48.0. The standard InChI is InChI=1S/C8H16N2/c1-7-3-5-10-6-4-8(7)9(10)2/h7-8H,3-6H2,1-2H3. The van der Waals surface area contributed by atoms with E-state index in [0.717, 1.165) is 12.0 Å². The summed E-state index contributed by atoms with van der Waals surface area (Å²) in [5.74, 6) is 0.920. The van der Waals surface area contributed by atoms with Gasteiger partial charge in [0.1, 0.15) is 0 Å². The summed E-state index contributed by atoms with van der Waals surface area (Å²) in [6.07, 6.45) is 2.78. The lowest BCUT2D eigenvalue weighted by Gasteiger charge is -2.37. The molecule has 0 aromatic heterocycles. The van der Waals surface area contributed by atoms with E-state index in [0.29, 0.717) is 0 Å². The Bertz CT molecular complexity index is 135. The predicted octanol–water partition coefficient (Wildman–Crippen LogP) is 0.947. The van der Waals surface area contributed by atoms with Gasteiger partial charge in [0.15, 0.2) is 0 Å². The van der Waals surface area contributed by atoms with Gasteiger partial charge >= 0.3 is 0 Å². The van der Waals surface area contributed by atoms with Crippen molar-refractivity contribution in [3.63, 3.8) is 0 Å². The molecular formula is C8H16N2. The minimum Gasteiger partial charge on any atom is -0.242 e. The third-order valence-electron chi connectivity index (χ3n) is 3.11. The molecule has 2 bridgehead atoms. The van der Waals surface area contributed by atoms with Crippen LogP contribution in [0.5, 0.6) is 0 Å². The Morgan fingerprint density at radius 2 is 1.90 bits per heavy atom. The lowest BCUT2D eigenvalue weighted by molar-refractivity contribution is -0.0294. The van der Waals surface area contributed by atoms with Gasteiger partial charge in [-0.05, 0) is 18.8 Å². The van der Waals surface area contributed by atoms with Crippen molar-refractivity contribution >= 4 is 0 Å². The molecule has 0 aromatic rings. The maximum atomic E-state index is 2.48. The van der Waals surface area contributed by atoms with Crippen LogP contribution in [0.2, 0.25) is 0 Å². The highest BCUT2D eigenvalue weighted by molar-refractivity contribution is 4.85. The molecule has 0 aliphatic carbocycles. The molecule has 2 rings (SSSR count). The first-order valence-corrected chi connectivity index (χ1v) is 4.27. The summed E-state index contributed by atoms with van der Waals surface area (Å²) < 4.78 is 0. The van der Waals surface area contributed by atoms with E-state index in [1.165, 1.54) is 25.9 Å². The smallest absolute Gasteiger partial charge is 0.0281 e. The Labute approximate surface area is 62.8 Å². The molecular weight excluding hydrogens is 124 g/mol. The van der Waals surface area contributed by atoms with Gasteiger partial charge in [-0.15, -0.1) is 0 Å². The summed E-state index contributed by atoms with van der Waals surface area (Å²) in [6, 6.07) is 0.855. The summed E-state index contributed by atoms with van der Waals surface area (Å²) in [4.78, 5) is 0. The zero-order valence-corrected chi connectivity index (χ0v) is 6.88. The van der Waals surface area contributed by atoms with Gasteiger partial charge in [0.25, 0.3) is 0 Å². The van der Waals surface area contributed by atoms with E-state index in [9.17, 15) is 0 Å². The summed E-state index contributed by atoms with van der Waals surface area (Å²) in [7, 11) is 2.23. The molecule has 3 unspecified atom stereocenters. The van der Waals surface area contributed by atoms with Crippen molar-refractivity contribution in [2.75, 3.05) is 20.1 Å². The van der Waals surface area contributed by atoms with Crippen LogP contribution < -0.4 is 0 Å². The molecule has 2 saturated heterocycles. The molecule has 2 aliphatic heterocycles. The van der Waals surface area contributed by atoms with Crippen LogP contribution in [0.3, 0.4) is 0 Å². The average Bonchev–Trinajstić information content (AvgIpc) is 2.13. The first-order chi connectivity index (χ1) is 4.79. The lowest BCUT2D eigenvalue weighted by atomic mass is 9.96. The zero-order chi connectivity index (χ0) is 7.14. The van der Waals surface area contributed by atoms with Crippen LogP contribution in [0.1, 0.15) is 19.8 Å². The van der Waals surface area contributed by atoms with Gasteiger partial charge < -0.3 is 0 Å². The molecule has 0 N–H and O–H groups in total. The average molecular weight is 140 g/mol. The third-order valence-corrected chi connectivity index (χ3v) is 3.11. The number of fused-ring (bicyclic) bond motifs is 2. The molecule has 0 radical (unpaired) electrons. The van der Waals surface area contributed by atoms with Gasteiger partial charge in [0.2, 0.25) is 0 Å². The second-order valence-corrected chi connectivity index (χ2v) is 3.65. The van der Waals surface area contributed by atoms with Crippen LogP contribution >= 0.6 is 0 Å². The summed E-state index contributed by atoms with van der Waals surface area (Å²) in [6.45, 7) is 4.96. The molecule has 58 valence electrons. The molecule has 0 saturated carbocycles. The highest BCUT2D eigenvalue weighted by atomic mass is 15.6. The number of hydrazine groups is 1. The Morgan fingerprint density at radius 3 is 2.60 bits per heavy atom. The Balaban J connectivity index is 2.13. The minimum absolute atomic E-state index is 0.855. The van der Waals surface area contributed by atoms with Crippen molar-refractivity contribution < 1.29 is 0 Å². The topological polar surface area (TPSA) is 6.48 Å².